The molecular weight excluding hydrogens is 453 g/mol. The van der Waals surface area contributed by atoms with E-state index in [0.29, 0.717) is 30.3 Å². The van der Waals surface area contributed by atoms with E-state index in [1.807, 2.05) is 23.7 Å². The normalized spacial score (nSPS) is 25.5. The highest BCUT2D eigenvalue weighted by Crippen LogP contribution is 2.39. The van der Waals surface area contributed by atoms with Gasteiger partial charge >= 0.3 is 6.09 Å². The molecule has 11 nitrogen and oxygen atoms in total. The number of nitrogens with zero attached hydrogens (tertiary/aromatic N) is 5. The molecule has 6 rings (SSSR count). The number of alkyl carbamates (subject to hydrolysis) is 1. The van der Waals surface area contributed by atoms with Crippen LogP contribution in [0.2, 0.25) is 0 Å². The van der Waals surface area contributed by atoms with Gasteiger partial charge in [-0.15, -0.1) is 0 Å². The molecule has 1 amide bonds. The lowest BCUT2D eigenvalue weighted by molar-refractivity contribution is 0.0546. The number of anilines is 3. The van der Waals surface area contributed by atoms with Crippen molar-refractivity contribution in [1.82, 2.24) is 35.2 Å². The summed E-state index contributed by atoms with van der Waals surface area (Å²) in [4.78, 5) is 23.5. The van der Waals surface area contributed by atoms with Gasteiger partial charge in [0.2, 0.25) is 5.95 Å². The Hall–Kier alpha value is -3.41. The number of H-pyrrole nitrogens is 1. The summed E-state index contributed by atoms with van der Waals surface area (Å²) in [5.74, 6) is 0.696. The molecule has 0 unspecified atom stereocenters. The molecule has 186 valence electrons. The maximum absolute atomic E-state index is 15.2. The van der Waals surface area contributed by atoms with Crippen LogP contribution < -0.4 is 20.9 Å². The Balaban J connectivity index is 1.13. The standard InChI is InChI=1S/C23H30FN9O2/c1-23(4-5-23)29-22(34)35-17-3-2-14(19(17)24)15-12-18(31-30-15)28-21-27-13-16(20-26-8-11-33(20)21)32-9-6-25-7-10-32/h8,11-14,17,19,25H,2-7,9-10H2,1H3,(H,29,34)(H2,27,28,30,31)/t14-,17-,19+/m0/s1. The molecule has 3 fully saturated rings. The minimum atomic E-state index is -1.29. The van der Waals surface area contributed by atoms with Gasteiger partial charge in [-0.25, -0.2) is 19.2 Å². The summed E-state index contributed by atoms with van der Waals surface area (Å²) in [5.41, 5.74) is 2.28. The number of carbonyl (C=O) groups is 1. The zero-order chi connectivity index (χ0) is 24.0. The highest BCUT2D eigenvalue weighted by atomic mass is 19.1. The predicted molar refractivity (Wildman–Crippen MR) is 128 cm³/mol. The van der Waals surface area contributed by atoms with Crippen LogP contribution in [0.4, 0.5) is 26.6 Å². The van der Waals surface area contributed by atoms with E-state index < -0.39 is 24.3 Å². The highest BCUT2D eigenvalue weighted by Gasteiger charge is 2.43. The van der Waals surface area contributed by atoms with E-state index in [1.54, 1.807) is 12.3 Å². The van der Waals surface area contributed by atoms with Gasteiger partial charge in [0.25, 0.3) is 0 Å². The van der Waals surface area contributed by atoms with Gasteiger partial charge in [0.15, 0.2) is 11.5 Å². The van der Waals surface area contributed by atoms with Crippen molar-refractivity contribution in [2.45, 2.75) is 56.3 Å². The fourth-order valence-electron chi connectivity index (χ4n) is 4.93. The molecular formula is C23H30FN9O2. The quantitative estimate of drug-likeness (QED) is 0.422. The average Bonchev–Trinajstić information content (AvgIpc) is 3.24. The topological polar surface area (TPSA) is 124 Å². The van der Waals surface area contributed by atoms with Crippen LogP contribution in [0.25, 0.3) is 5.65 Å². The third-order valence-electron chi connectivity index (χ3n) is 7.27. The first-order valence-electron chi connectivity index (χ1n) is 12.2. The average molecular weight is 484 g/mol. The summed E-state index contributed by atoms with van der Waals surface area (Å²) in [6.45, 7) is 5.61. The lowest BCUT2D eigenvalue weighted by Crippen LogP contribution is -2.43. The van der Waals surface area contributed by atoms with E-state index in [1.165, 1.54) is 0 Å². The van der Waals surface area contributed by atoms with Gasteiger partial charge in [0.05, 0.1) is 11.9 Å². The third kappa shape index (κ3) is 4.38. The van der Waals surface area contributed by atoms with Gasteiger partial charge in [-0.05, 0) is 32.6 Å². The second-order valence-corrected chi connectivity index (χ2v) is 9.92. The van der Waals surface area contributed by atoms with E-state index in [0.717, 1.165) is 50.4 Å². The molecule has 0 radical (unpaired) electrons. The number of aromatic amines is 1. The Morgan fingerprint density at radius 1 is 1.26 bits per heavy atom. The Morgan fingerprint density at radius 3 is 2.89 bits per heavy atom. The molecule has 1 saturated heterocycles. The molecule has 35 heavy (non-hydrogen) atoms. The lowest BCUT2D eigenvalue weighted by atomic mass is 10.0. The van der Waals surface area contributed by atoms with Crippen LogP contribution in [0.15, 0.2) is 24.7 Å². The van der Waals surface area contributed by atoms with Crippen molar-refractivity contribution in [2.24, 2.45) is 0 Å². The van der Waals surface area contributed by atoms with Gasteiger partial charge in [0, 0.05) is 61.8 Å². The van der Waals surface area contributed by atoms with Crippen molar-refractivity contribution in [3.63, 3.8) is 0 Å². The number of halogens is 1. The highest BCUT2D eigenvalue weighted by molar-refractivity contribution is 5.71. The number of alkyl halides is 1. The van der Waals surface area contributed by atoms with Crippen molar-refractivity contribution in [3.8, 4) is 0 Å². The van der Waals surface area contributed by atoms with Crippen LogP contribution in [-0.2, 0) is 4.74 Å². The minimum Gasteiger partial charge on any atom is -0.443 e. The molecule has 1 aliphatic heterocycles. The second-order valence-electron chi connectivity index (χ2n) is 9.92. The molecule has 4 N–H and O–H groups in total. The predicted octanol–water partition coefficient (Wildman–Crippen LogP) is 2.47. The first-order chi connectivity index (χ1) is 17.0. The number of hydrogen-bond donors (Lipinski definition) is 4. The van der Waals surface area contributed by atoms with Crippen LogP contribution in [-0.4, -0.2) is 74.7 Å². The molecule has 0 spiro atoms. The summed E-state index contributed by atoms with van der Waals surface area (Å²) >= 11 is 0. The fraction of sp³-hybridized carbons (Fsp3) is 0.565. The molecule has 4 heterocycles. The number of nitrogens with one attached hydrogen (secondary N) is 4. The number of hydrogen-bond acceptors (Lipinski definition) is 8. The van der Waals surface area contributed by atoms with E-state index in [9.17, 15) is 4.79 Å². The Morgan fingerprint density at radius 2 is 2.09 bits per heavy atom. The van der Waals surface area contributed by atoms with Crippen molar-refractivity contribution in [3.05, 3.63) is 30.4 Å². The first kappa shape index (κ1) is 22.1. The number of aromatic nitrogens is 5. The van der Waals surface area contributed by atoms with Gasteiger partial charge in [0.1, 0.15) is 12.3 Å². The number of amides is 1. The summed E-state index contributed by atoms with van der Waals surface area (Å²) < 4.78 is 22.4. The largest absolute Gasteiger partial charge is 0.443 e. The zero-order valence-electron chi connectivity index (χ0n) is 19.6. The Labute approximate surface area is 201 Å². The Kier molecular flexibility index (Phi) is 5.47. The third-order valence-corrected chi connectivity index (χ3v) is 7.27. The van der Waals surface area contributed by atoms with E-state index in [2.05, 4.69) is 41.0 Å². The SMILES string of the molecule is CC1(NC(=O)O[C@H]2CC[C@@H](c3cc(Nc4ncc(N5CCNCC5)c5nccn45)n[nH]3)[C@H]2F)CC1. The monoisotopic (exact) mass is 483 g/mol. The van der Waals surface area contributed by atoms with Crippen LogP contribution >= 0.6 is 0 Å². The van der Waals surface area contributed by atoms with Gasteiger partial charge in [-0.3, -0.25) is 9.50 Å². The molecule has 0 aromatic carbocycles. The lowest BCUT2D eigenvalue weighted by Gasteiger charge is -2.29. The van der Waals surface area contributed by atoms with Crippen molar-refractivity contribution >= 4 is 29.2 Å². The van der Waals surface area contributed by atoms with Gasteiger partial charge in [-0.1, -0.05) is 0 Å². The maximum atomic E-state index is 15.2. The molecule has 3 aromatic rings. The summed E-state index contributed by atoms with van der Waals surface area (Å²) in [7, 11) is 0. The number of carbonyl (C=O) groups excluding carboxylic acids is 1. The molecule has 3 aliphatic rings. The number of rotatable bonds is 6. The van der Waals surface area contributed by atoms with E-state index >= 15 is 4.39 Å². The first-order valence-corrected chi connectivity index (χ1v) is 12.2. The van der Waals surface area contributed by atoms with E-state index in [-0.39, 0.29) is 5.54 Å². The molecule has 3 aromatic heterocycles. The minimum absolute atomic E-state index is 0.192. The molecule has 2 aliphatic carbocycles. The smallest absolute Gasteiger partial charge is 0.407 e. The van der Waals surface area contributed by atoms with Crippen LogP contribution in [0.1, 0.15) is 44.2 Å². The number of fused-ring (bicyclic) bond motifs is 1. The fourth-order valence-corrected chi connectivity index (χ4v) is 4.93. The zero-order valence-corrected chi connectivity index (χ0v) is 19.6. The van der Waals surface area contributed by atoms with E-state index in [4.69, 9.17) is 4.74 Å². The van der Waals surface area contributed by atoms with Crippen molar-refractivity contribution < 1.29 is 13.9 Å². The second kappa shape index (κ2) is 8.67. The number of piperazine rings is 1. The number of imidazole rings is 1. The van der Waals surface area contributed by atoms with Crippen molar-refractivity contribution in [1.29, 1.82) is 0 Å². The van der Waals surface area contributed by atoms with Crippen LogP contribution in [0.3, 0.4) is 0 Å². The molecule has 2 saturated carbocycles. The summed E-state index contributed by atoms with van der Waals surface area (Å²) in [6.07, 6.45) is 5.74. The maximum Gasteiger partial charge on any atom is 0.407 e. The van der Waals surface area contributed by atoms with Crippen molar-refractivity contribution in [2.75, 3.05) is 36.4 Å². The Bertz CT molecular complexity index is 1220. The molecule has 3 atom stereocenters. The summed E-state index contributed by atoms with van der Waals surface area (Å²) in [6, 6.07) is 1.79. The summed E-state index contributed by atoms with van der Waals surface area (Å²) in [5, 5.41) is 16.7. The van der Waals surface area contributed by atoms with Crippen LogP contribution in [0, 0.1) is 0 Å². The van der Waals surface area contributed by atoms with Gasteiger partial charge < -0.3 is 25.6 Å². The molecule has 12 heteroatoms. The van der Waals surface area contributed by atoms with Gasteiger partial charge in [-0.2, -0.15) is 5.10 Å². The number of ether oxygens (including phenoxy) is 1. The van der Waals surface area contributed by atoms with Crippen LogP contribution in [0.5, 0.6) is 0 Å². The molecule has 0 bridgehead atoms.